The molecule has 21 heavy (non-hydrogen) atoms. The van der Waals surface area contributed by atoms with Crippen molar-refractivity contribution >= 4 is 15.9 Å². The van der Waals surface area contributed by atoms with Crippen LogP contribution in [0.15, 0.2) is 46.9 Å². The van der Waals surface area contributed by atoms with Gasteiger partial charge in [-0.3, -0.25) is 0 Å². The number of hydrogen-bond acceptors (Lipinski definition) is 1. The van der Waals surface area contributed by atoms with Gasteiger partial charge in [-0.1, -0.05) is 56.0 Å². The van der Waals surface area contributed by atoms with Crippen LogP contribution in [0.5, 0.6) is 5.75 Å². The van der Waals surface area contributed by atoms with Crippen LogP contribution in [0, 0.1) is 23.6 Å². The first kappa shape index (κ1) is 15.6. The fourth-order valence-corrected chi connectivity index (χ4v) is 2.12. The summed E-state index contributed by atoms with van der Waals surface area (Å²) in [6, 6.07) is 13.0. The van der Waals surface area contributed by atoms with Gasteiger partial charge in [0.2, 0.25) is 0 Å². The SMILES string of the molecule is CC(C)C#Cc1c(Br)ccc(OCc2ccccc2)c1F. The van der Waals surface area contributed by atoms with Gasteiger partial charge in [0, 0.05) is 10.4 Å². The molecule has 0 heterocycles. The lowest BCUT2D eigenvalue weighted by Crippen LogP contribution is -1.99. The molecular weight excluding hydrogens is 331 g/mol. The predicted octanol–water partition coefficient (Wildman–Crippen LogP) is 5.17. The van der Waals surface area contributed by atoms with E-state index in [1.54, 1.807) is 12.1 Å². The zero-order valence-electron chi connectivity index (χ0n) is 12.0. The molecule has 0 N–H and O–H groups in total. The van der Waals surface area contributed by atoms with Crippen LogP contribution in [0.4, 0.5) is 4.39 Å². The predicted molar refractivity (Wildman–Crippen MR) is 86.6 cm³/mol. The first-order valence-electron chi connectivity index (χ1n) is 6.74. The Balaban J connectivity index is 2.22. The molecule has 0 radical (unpaired) electrons. The van der Waals surface area contributed by atoms with Gasteiger partial charge >= 0.3 is 0 Å². The van der Waals surface area contributed by atoms with Gasteiger partial charge in [0.05, 0.1) is 5.56 Å². The number of ether oxygens (including phenoxy) is 1. The van der Waals surface area contributed by atoms with Gasteiger partial charge < -0.3 is 4.74 Å². The van der Waals surface area contributed by atoms with Crippen LogP contribution in [0.1, 0.15) is 25.0 Å². The number of hydrogen-bond donors (Lipinski definition) is 0. The summed E-state index contributed by atoms with van der Waals surface area (Å²) in [6.45, 7) is 4.26. The Morgan fingerprint density at radius 3 is 2.52 bits per heavy atom. The molecule has 0 saturated carbocycles. The summed E-state index contributed by atoms with van der Waals surface area (Å²) in [5.41, 5.74) is 1.34. The van der Waals surface area contributed by atoms with Crippen molar-refractivity contribution in [3.63, 3.8) is 0 Å². The number of benzene rings is 2. The van der Waals surface area contributed by atoms with Gasteiger partial charge in [-0.2, -0.15) is 0 Å². The highest BCUT2D eigenvalue weighted by atomic mass is 79.9. The van der Waals surface area contributed by atoms with Crippen LogP contribution in [0.2, 0.25) is 0 Å². The van der Waals surface area contributed by atoms with Gasteiger partial charge in [-0.15, -0.1) is 0 Å². The largest absolute Gasteiger partial charge is 0.486 e. The van der Waals surface area contributed by atoms with Crippen LogP contribution >= 0.6 is 15.9 Å². The minimum absolute atomic E-state index is 0.185. The summed E-state index contributed by atoms with van der Waals surface area (Å²) in [5, 5.41) is 0. The van der Waals surface area contributed by atoms with Crippen LogP contribution in [-0.2, 0) is 6.61 Å². The van der Waals surface area contributed by atoms with Crippen LogP contribution in [-0.4, -0.2) is 0 Å². The summed E-state index contributed by atoms with van der Waals surface area (Å²) in [7, 11) is 0. The van der Waals surface area contributed by atoms with Crippen molar-refractivity contribution in [2.45, 2.75) is 20.5 Å². The van der Waals surface area contributed by atoms with E-state index in [-0.39, 0.29) is 11.7 Å². The van der Waals surface area contributed by atoms with Crippen molar-refractivity contribution in [1.82, 2.24) is 0 Å². The second-order valence-corrected chi connectivity index (χ2v) is 5.79. The molecule has 0 saturated heterocycles. The Kier molecular flexibility index (Phi) is 5.41. The van der Waals surface area contributed by atoms with E-state index in [9.17, 15) is 4.39 Å². The van der Waals surface area contributed by atoms with E-state index in [4.69, 9.17) is 4.74 Å². The molecular formula is C18H16BrFO. The maximum atomic E-state index is 14.4. The first-order chi connectivity index (χ1) is 10.1. The summed E-state index contributed by atoms with van der Waals surface area (Å²) in [6.07, 6.45) is 0. The highest BCUT2D eigenvalue weighted by molar-refractivity contribution is 9.10. The Labute approximate surface area is 133 Å². The van der Waals surface area contributed by atoms with E-state index in [0.717, 1.165) is 5.56 Å². The summed E-state index contributed by atoms with van der Waals surface area (Å²) >= 11 is 3.33. The molecule has 0 fully saturated rings. The molecule has 2 rings (SSSR count). The van der Waals surface area contributed by atoms with E-state index < -0.39 is 5.82 Å². The average Bonchev–Trinajstić information content (AvgIpc) is 2.47. The van der Waals surface area contributed by atoms with Gasteiger partial charge in [0.15, 0.2) is 11.6 Å². The van der Waals surface area contributed by atoms with Gasteiger partial charge in [-0.05, 0) is 33.6 Å². The normalized spacial score (nSPS) is 10.1. The van der Waals surface area contributed by atoms with Crippen molar-refractivity contribution in [2.24, 2.45) is 5.92 Å². The van der Waals surface area contributed by atoms with E-state index in [1.165, 1.54) is 0 Å². The summed E-state index contributed by atoms with van der Waals surface area (Å²) in [4.78, 5) is 0. The molecule has 108 valence electrons. The fourth-order valence-electron chi connectivity index (χ4n) is 1.71. The van der Waals surface area contributed by atoms with Crippen LogP contribution in [0.25, 0.3) is 0 Å². The minimum Gasteiger partial charge on any atom is -0.486 e. The Morgan fingerprint density at radius 2 is 1.86 bits per heavy atom. The molecule has 0 bridgehead atoms. The third-order valence-corrected chi connectivity index (χ3v) is 3.44. The van der Waals surface area contributed by atoms with Gasteiger partial charge in [0.25, 0.3) is 0 Å². The molecule has 0 atom stereocenters. The van der Waals surface area contributed by atoms with Crippen molar-refractivity contribution in [1.29, 1.82) is 0 Å². The second kappa shape index (κ2) is 7.28. The van der Waals surface area contributed by atoms with Crippen molar-refractivity contribution in [3.05, 3.63) is 63.9 Å². The molecule has 0 aliphatic heterocycles. The lowest BCUT2D eigenvalue weighted by atomic mass is 10.1. The minimum atomic E-state index is -0.423. The zero-order valence-corrected chi connectivity index (χ0v) is 13.6. The zero-order chi connectivity index (χ0) is 15.2. The summed E-state index contributed by atoms with van der Waals surface area (Å²) in [5.74, 6) is 5.82. The molecule has 1 nitrogen and oxygen atoms in total. The monoisotopic (exact) mass is 346 g/mol. The highest BCUT2D eigenvalue weighted by Crippen LogP contribution is 2.27. The number of halogens is 2. The molecule has 3 heteroatoms. The van der Waals surface area contributed by atoms with Crippen LogP contribution in [0.3, 0.4) is 0 Å². The Bertz CT molecular complexity index is 669. The summed E-state index contributed by atoms with van der Waals surface area (Å²) < 4.78 is 20.6. The molecule has 2 aromatic rings. The van der Waals surface area contributed by atoms with Crippen molar-refractivity contribution < 1.29 is 9.13 Å². The molecule has 0 aliphatic rings. The fraction of sp³-hybridized carbons (Fsp3) is 0.222. The molecule has 0 unspecified atom stereocenters. The molecule has 0 amide bonds. The van der Waals surface area contributed by atoms with E-state index >= 15 is 0 Å². The third kappa shape index (κ3) is 4.34. The lowest BCUT2D eigenvalue weighted by molar-refractivity contribution is 0.290. The first-order valence-corrected chi connectivity index (χ1v) is 7.53. The molecule has 0 aromatic heterocycles. The van der Waals surface area contributed by atoms with Gasteiger partial charge in [0.1, 0.15) is 6.61 Å². The van der Waals surface area contributed by atoms with E-state index in [0.29, 0.717) is 16.6 Å². The molecule has 2 aromatic carbocycles. The third-order valence-electron chi connectivity index (χ3n) is 2.78. The molecule has 0 aliphatic carbocycles. The quantitative estimate of drug-likeness (QED) is 0.696. The maximum absolute atomic E-state index is 14.4. The van der Waals surface area contributed by atoms with Crippen LogP contribution < -0.4 is 4.74 Å². The maximum Gasteiger partial charge on any atom is 0.181 e. The van der Waals surface area contributed by atoms with Gasteiger partial charge in [-0.25, -0.2) is 4.39 Å². The topological polar surface area (TPSA) is 9.23 Å². The number of rotatable bonds is 3. The lowest BCUT2D eigenvalue weighted by Gasteiger charge is -2.09. The Hall–Kier alpha value is -1.79. The Morgan fingerprint density at radius 1 is 1.14 bits per heavy atom. The average molecular weight is 347 g/mol. The highest BCUT2D eigenvalue weighted by Gasteiger charge is 2.12. The van der Waals surface area contributed by atoms with E-state index in [2.05, 4.69) is 27.8 Å². The van der Waals surface area contributed by atoms with Crippen molar-refractivity contribution in [3.8, 4) is 17.6 Å². The second-order valence-electron chi connectivity index (χ2n) is 4.93. The standard InChI is InChI=1S/C18H16BrFO/c1-13(2)8-9-15-16(19)10-11-17(18(15)20)21-12-14-6-4-3-5-7-14/h3-7,10-11,13H,12H2,1-2H3. The molecule has 0 spiro atoms. The smallest absolute Gasteiger partial charge is 0.181 e. The van der Waals surface area contributed by atoms with Crippen molar-refractivity contribution in [2.75, 3.05) is 0 Å². The van der Waals surface area contributed by atoms with E-state index in [1.807, 2.05) is 44.2 Å².